The van der Waals surface area contributed by atoms with Crippen LogP contribution >= 0.6 is 0 Å². The van der Waals surface area contributed by atoms with Crippen LogP contribution in [0.2, 0.25) is 0 Å². The van der Waals surface area contributed by atoms with E-state index in [0.29, 0.717) is 0 Å². The highest BCUT2D eigenvalue weighted by atomic mass is 14.1. The lowest BCUT2D eigenvalue weighted by Crippen LogP contribution is -1.86. The highest BCUT2D eigenvalue weighted by Crippen LogP contribution is 2.24. The third-order valence-electron chi connectivity index (χ3n) is 4.95. The van der Waals surface area contributed by atoms with E-state index in [1.165, 1.54) is 33.4 Å². The Balaban J connectivity index is 0.000000166. The van der Waals surface area contributed by atoms with Crippen LogP contribution in [-0.2, 0) is 12.8 Å². The minimum Gasteiger partial charge on any atom is -0.103 e. The van der Waals surface area contributed by atoms with Crippen molar-refractivity contribution < 1.29 is 0 Å². The van der Waals surface area contributed by atoms with Crippen molar-refractivity contribution >= 4 is 0 Å². The van der Waals surface area contributed by atoms with Crippen molar-refractivity contribution in [2.45, 2.75) is 19.8 Å². The molecule has 0 saturated heterocycles. The van der Waals surface area contributed by atoms with Crippen molar-refractivity contribution in [3.05, 3.63) is 133 Å². The number of hydrogen-bond donors (Lipinski definition) is 0. The Morgan fingerprint density at radius 2 is 0.966 bits per heavy atom. The van der Waals surface area contributed by atoms with Crippen molar-refractivity contribution in [2.75, 3.05) is 0 Å². The lowest BCUT2D eigenvalue weighted by molar-refractivity contribution is 1.14. The van der Waals surface area contributed by atoms with E-state index >= 15 is 0 Å². The summed E-state index contributed by atoms with van der Waals surface area (Å²) >= 11 is 0. The molecule has 0 heteroatoms. The zero-order chi connectivity index (χ0) is 20.3. The third-order valence-corrected chi connectivity index (χ3v) is 4.95. The van der Waals surface area contributed by atoms with Gasteiger partial charge in [-0.2, -0.15) is 0 Å². The van der Waals surface area contributed by atoms with Crippen LogP contribution in [0.3, 0.4) is 0 Å². The lowest BCUT2D eigenvalue weighted by Gasteiger charge is -2.07. The molecule has 4 aromatic carbocycles. The van der Waals surface area contributed by atoms with Gasteiger partial charge in [-0.3, -0.25) is 0 Å². The molecular weight excluding hydrogens is 348 g/mol. The fourth-order valence-corrected chi connectivity index (χ4v) is 3.48. The fraction of sp³-hybridized carbons (Fsp3) is 0.103. The van der Waals surface area contributed by atoms with Gasteiger partial charge in [-0.1, -0.05) is 122 Å². The molecule has 0 nitrogen and oxygen atoms in total. The summed E-state index contributed by atoms with van der Waals surface area (Å²) in [7, 11) is 0. The van der Waals surface area contributed by atoms with Crippen LogP contribution in [0.5, 0.6) is 0 Å². The summed E-state index contributed by atoms with van der Waals surface area (Å²) in [5, 5.41) is 0. The van der Waals surface area contributed by atoms with Gasteiger partial charge in [-0.25, -0.2) is 0 Å². The van der Waals surface area contributed by atoms with Gasteiger partial charge in [0.15, 0.2) is 0 Å². The van der Waals surface area contributed by atoms with Gasteiger partial charge in [0.2, 0.25) is 0 Å². The summed E-state index contributed by atoms with van der Waals surface area (Å²) in [6.07, 6.45) is 3.96. The van der Waals surface area contributed by atoms with Gasteiger partial charge in [0.1, 0.15) is 0 Å². The topological polar surface area (TPSA) is 0 Å². The largest absolute Gasteiger partial charge is 0.103 e. The van der Waals surface area contributed by atoms with E-state index in [4.69, 9.17) is 0 Å². The first-order valence-corrected chi connectivity index (χ1v) is 10.2. The molecular formula is C29H28. The molecule has 0 saturated carbocycles. The molecule has 0 unspecified atom stereocenters. The Morgan fingerprint density at radius 1 is 0.552 bits per heavy atom. The molecule has 4 rings (SSSR count). The molecule has 0 aliphatic rings. The highest BCUT2D eigenvalue weighted by molar-refractivity contribution is 5.68. The molecule has 0 spiro atoms. The van der Waals surface area contributed by atoms with Gasteiger partial charge in [0.05, 0.1) is 0 Å². The summed E-state index contributed by atoms with van der Waals surface area (Å²) in [6.45, 7) is 5.99. The maximum absolute atomic E-state index is 3.79. The van der Waals surface area contributed by atoms with Crippen molar-refractivity contribution in [1.29, 1.82) is 0 Å². The molecule has 144 valence electrons. The first kappa shape index (κ1) is 20.4. The van der Waals surface area contributed by atoms with E-state index in [0.717, 1.165) is 12.8 Å². The first-order chi connectivity index (χ1) is 14.3. The number of allylic oxidation sites excluding steroid dienone is 1. The van der Waals surface area contributed by atoms with Crippen LogP contribution in [-0.4, -0.2) is 0 Å². The second-order valence-electron chi connectivity index (χ2n) is 6.89. The summed E-state index contributed by atoms with van der Waals surface area (Å²) in [6, 6.07) is 38.1. The van der Waals surface area contributed by atoms with Gasteiger partial charge in [-0.05, 0) is 46.2 Å². The maximum Gasteiger partial charge on any atom is -0.00940 e. The van der Waals surface area contributed by atoms with Gasteiger partial charge < -0.3 is 0 Å². The third kappa shape index (κ3) is 5.56. The van der Waals surface area contributed by atoms with E-state index in [1.807, 2.05) is 12.1 Å². The minimum atomic E-state index is 0.922. The Hall–Kier alpha value is -3.38. The minimum absolute atomic E-state index is 0.922. The smallest absolute Gasteiger partial charge is 0.00940 e. The van der Waals surface area contributed by atoms with Crippen molar-refractivity contribution in [3.8, 4) is 22.3 Å². The standard InChI is InChI=1S/C15H14.C14H14/c1-2-8-13-11-6-7-12-15(13)14-9-4-3-5-10-14;1-2-12-8-6-7-11-14(12)13-9-4-3-5-10-13/h2-7,9-12H,1,8H2;3-11H,2H2,1H3. The van der Waals surface area contributed by atoms with E-state index < -0.39 is 0 Å². The molecule has 0 amide bonds. The van der Waals surface area contributed by atoms with Crippen molar-refractivity contribution in [2.24, 2.45) is 0 Å². The van der Waals surface area contributed by atoms with Gasteiger partial charge in [0, 0.05) is 0 Å². The predicted octanol–water partition coefficient (Wildman–Crippen LogP) is 8.00. The normalized spacial score (nSPS) is 9.97. The summed E-state index contributed by atoms with van der Waals surface area (Å²) in [4.78, 5) is 0. The number of benzene rings is 4. The van der Waals surface area contributed by atoms with Crippen LogP contribution < -0.4 is 0 Å². The molecule has 29 heavy (non-hydrogen) atoms. The fourth-order valence-electron chi connectivity index (χ4n) is 3.48. The number of hydrogen-bond acceptors (Lipinski definition) is 0. The molecule has 0 fully saturated rings. The lowest BCUT2D eigenvalue weighted by atomic mass is 9.98. The average Bonchev–Trinajstić information content (AvgIpc) is 2.81. The second kappa shape index (κ2) is 10.8. The Labute approximate surface area is 175 Å². The molecule has 0 heterocycles. The summed E-state index contributed by atoms with van der Waals surface area (Å²) in [5.41, 5.74) is 7.99. The molecule has 0 aliphatic heterocycles. The summed E-state index contributed by atoms with van der Waals surface area (Å²) in [5.74, 6) is 0. The van der Waals surface area contributed by atoms with Crippen molar-refractivity contribution in [3.63, 3.8) is 0 Å². The van der Waals surface area contributed by atoms with Crippen LogP contribution in [0.15, 0.2) is 122 Å². The Morgan fingerprint density at radius 3 is 1.45 bits per heavy atom. The van der Waals surface area contributed by atoms with Crippen LogP contribution in [0.4, 0.5) is 0 Å². The zero-order valence-corrected chi connectivity index (χ0v) is 17.1. The van der Waals surface area contributed by atoms with Gasteiger partial charge >= 0.3 is 0 Å². The van der Waals surface area contributed by atoms with Crippen LogP contribution in [0, 0.1) is 0 Å². The molecule has 0 radical (unpaired) electrons. The zero-order valence-electron chi connectivity index (χ0n) is 17.1. The monoisotopic (exact) mass is 376 g/mol. The highest BCUT2D eigenvalue weighted by Gasteiger charge is 2.02. The molecule has 0 N–H and O–H groups in total. The van der Waals surface area contributed by atoms with E-state index in [-0.39, 0.29) is 0 Å². The molecule has 0 aliphatic carbocycles. The van der Waals surface area contributed by atoms with E-state index in [2.05, 4.69) is 117 Å². The Bertz CT molecular complexity index is 1010. The second-order valence-corrected chi connectivity index (χ2v) is 6.89. The Kier molecular flexibility index (Phi) is 7.60. The predicted molar refractivity (Wildman–Crippen MR) is 127 cm³/mol. The van der Waals surface area contributed by atoms with Gasteiger partial charge in [0.25, 0.3) is 0 Å². The van der Waals surface area contributed by atoms with Crippen molar-refractivity contribution in [1.82, 2.24) is 0 Å². The molecule has 4 aromatic rings. The summed E-state index contributed by atoms with van der Waals surface area (Å²) < 4.78 is 0. The van der Waals surface area contributed by atoms with E-state index in [9.17, 15) is 0 Å². The SMILES string of the molecule is C=CCc1ccccc1-c1ccccc1.CCc1ccccc1-c1ccccc1. The first-order valence-electron chi connectivity index (χ1n) is 10.2. The van der Waals surface area contributed by atoms with Crippen LogP contribution in [0.25, 0.3) is 22.3 Å². The number of aryl methyl sites for hydroxylation is 1. The van der Waals surface area contributed by atoms with Gasteiger partial charge in [-0.15, -0.1) is 6.58 Å². The molecule has 0 bridgehead atoms. The van der Waals surface area contributed by atoms with Crippen LogP contribution in [0.1, 0.15) is 18.1 Å². The number of rotatable bonds is 5. The molecule has 0 aromatic heterocycles. The average molecular weight is 377 g/mol. The van der Waals surface area contributed by atoms with E-state index in [1.54, 1.807) is 0 Å². The molecule has 0 atom stereocenters. The quantitative estimate of drug-likeness (QED) is 0.310. The maximum atomic E-state index is 3.79.